The zero-order chi connectivity index (χ0) is 19.0. The van der Waals surface area contributed by atoms with Gasteiger partial charge in [-0.3, -0.25) is 4.68 Å². The lowest BCUT2D eigenvalue weighted by Gasteiger charge is -2.13. The van der Waals surface area contributed by atoms with E-state index in [9.17, 15) is 5.11 Å². The second-order valence-electron chi connectivity index (χ2n) is 6.66. The van der Waals surface area contributed by atoms with E-state index in [1.165, 1.54) is 6.33 Å². The van der Waals surface area contributed by atoms with Gasteiger partial charge in [0.15, 0.2) is 11.5 Å². The van der Waals surface area contributed by atoms with Crippen molar-refractivity contribution in [2.45, 2.75) is 20.0 Å². The van der Waals surface area contributed by atoms with Crippen LogP contribution in [0.1, 0.15) is 13.8 Å². The number of nitrogens with zero attached hydrogens (tertiary/aromatic N) is 4. The van der Waals surface area contributed by atoms with Gasteiger partial charge >= 0.3 is 0 Å². The van der Waals surface area contributed by atoms with E-state index in [1.807, 2.05) is 57.4 Å². The molecular formula is C21H20N4O2. The summed E-state index contributed by atoms with van der Waals surface area (Å²) in [6.07, 6.45) is 3.41. The van der Waals surface area contributed by atoms with Gasteiger partial charge in [-0.2, -0.15) is 5.10 Å². The quantitative estimate of drug-likeness (QED) is 0.591. The minimum Gasteiger partial charge on any atom is -0.504 e. The topological polar surface area (TPSA) is 73.1 Å². The smallest absolute Gasteiger partial charge is 0.163 e. The second-order valence-corrected chi connectivity index (χ2v) is 6.66. The van der Waals surface area contributed by atoms with Gasteiger partial charge in [0.25, 0.3) is 0 Å². The molecule has 0 spiro atoms. The molecule has 0 bridgehead atoms. The van der Waals surface area contributed by atoms with Crippen LogP contribution >= 0.6 is 0 Å². The summed E-state index contributed by atoms with van der Waals surface area (Å²) in [4.78, 5) is 8.85. The average Bonchev–Trinajstić information content (AvgIpc) is 3.04. The van der Waals surface area contributed by atoms with Crippen molar-refractivity contribution in [2.75, 3.05) is 0 Å². The van der Waals surface area contributed by atoms with Crippen LogP contribution in [0.25, 0.3) is 33.4 Å². The molecule has 0 saturated heterocycles. The molecule has 4 aromatic rings. The molecule has 0 aliphatic carbocycles. The molecule has 0 amide bonds. The molecule has 2 aromatic heterocycles. The summed E-state index contributed by atoms with van der Waals surface area (Å²) in [5, 5.41) is 15.8. The van der Waals surface area contributed by atoms with E-state index >= 15 is 0 Å². The van der Waals surface area contributed by atoms with Gasteiger partial charge in [0.05, 0.1) is 17.3 Å². The number of aryl methyl sites for hydroxylation is 1. The van der Waals surface area contributed by atoms with Crippen LogP contribution in [0.2, 0.25) is 0 Å². The van der Waals surface area contributed by atoms with Crippen molar-refractivity contribution < 1.29 is 9.84 Å². The molecule has 2 heterocycles. The number of benzene rings is 2. The number of aromatic hydroxyl groups is 1. The summed E-state index contributed by atoms with van der Waals surface area (Å²) in [7, 11) is 1.88. The Morgan fingerprint density at radius 2 is 1.81 bits per heavy atom. The maximum atomic E-state index is 10.4. The van der Waals surface area contributed by atoms with Crippen molar-refractivity contribution in [3.8, 4) is 34.0 Å². The molecular weight excluding hydrogens is 340 g/mol. The number of phenolic OH excluding ortho intramolecular Hbond substituents is 1. The largest absolute Gasteiger partial charge is 0.504 e. The predicted octanol–water partition coefficient (Wildman–Crippen LogP) is 4.19. The third-order valence-electron chi connectivity index (χ3n) is 4.21. The van der Waals surface area contributed by atoms with E-state index in [0.29, 0.717) is 11.3 Å². The van der Waals surface area contributed by atoms with Gasteiger partial charge in [-0.25, -0.2) is 9.97 Å². The molecule has 0 unspecified atom stereocenters. The van der Waals surface area contributed by atoms with Crippen molar-refractivity contribution in [3.63, 3.8) is 0 Å². The molecule has 4 rings (SSSR count). The molecule has 2 aromatic carbocycles. The van der Waals surface area contributed by atoms with Gasteiger partial charge in [-0.15, -0.1) is 0 Å². The highest BCUT2D eigenvalue weighted by Gasteiger charge is 2.18. The fraction of sp³-hybridized carbons (Fsp3) is 0.190. The van der Waals surface area contributed by atoms with Crippen molar-refractivity contribution >= 4 is 10.9 Å². The normalized spacial score (nSPS) is 11.3. The molecule has 0 radical (unpaired) electrons. The predicted molar refractivity (Wildman–Crippen MR) is 105 cm³/mol. The Morgan fingerprint density at radius 3 is 2.56 bits per heavy atom. The minimum atomic E-state index is -0.0438. The Hall–Kier alpha value is -3.41. The maximum Gasteiger partial charge on any atom is 0.163 e. The Labute approximate surface area is 157 Å². The van der Waals surface area contributed by atoms with Crippen LogP contribution in [0.4, 0.5) is 0 Å². The van der Waals surface area contributed by atoms with E-state index in [0.717, 1.165) is 27.9 Å². The molecule has 0 aliphatic rings. The van der Waals surface area contributed by atoms with Crippen molar-refractivity contribution in [3.05, 3.63) is 55.0 Å². The number of hydrogen-bond donors (Lipinski definition) is 1. The maximum absolute atomic E-state index is 10.4. The van der Waals surface area contributed by atoms with Gasteiger partial charge in [-0.1, -0.05) is 30.3 Å². The van der Waals surface area contributed by atoms with Crippen LogP contribution < -0.4 is 4.74 Å². The molecule has 0 aliphatic heterocycles. The van der Waals surface area contributed by atoms with Crippen molar-refractivity contribution in [1.29, 1.82) is 0 Å². The highest BCUT2D eigenvalue weighted by atomic mass is 16.5. The monoisotopic (exact) mass is 360 g/mol. The van der Waals surface area contributed by atoms with E-state index < -0.39 is 0 Å². The van der Waals surface area contributed by atoms with Crippen molar-refractivity contribution in [1.82, 2.24) is 19.7 Å². The molecule has 0 fully saturated rings. The molecule has 1 N–H and O–H groups in total. The number of phenols is 1. The highest BCUT2D eigenvalue weighted by Crippen LogP contribution is 2.37. The van der Waals surface area contributed by atoms with Crippen LogP contribution in [-0.2, 0) is 7.05 Å². The Kier molecular flexibility index (Phi) is 4.24. The summed E-state index contributed by atoms with van der Waals surface area (Å²) < 4.78 is 7.43. The molecule has 6 nitrogen and oxygen atoms in total. The Morgan fingerprint density at radius 1 is 1.04 bits per heavy atom. The summed E-state index contributed by atoms with van der Waals surface area (Å²) in [6.45, 7) is 3.83. The van der Waals surface area contributed by atoms with Crippen molar-refractivity contribution in [2.24, 2.45) is 7.05 Å². The average molecular weight is 360 g/mol. The summed E-state index contributed by atoms with van der Waals surface area (Å²) in [6, 6.07) is 13.4. The van der Waals surface area contributed by atoms with E-state index in [2.05, 4.69) is 15.1 Å². The zero-order valence-electron chi connectivity index (χ0n) is 15.4. The first-order chi connectivity index (χ1) is 13.0. The summed E-state index contributed by atoms with van der Waals surface area (Å²) in [5.41, 5.74) is 4.15. The summed E-state index contributed by atoms with van der Waals surface area (Å²) >= 11 is 0. The first-order valence-corrected chi connectivity index (χ1v) is 8.76. The van der Waals surface area contributed by atoms with Crippen LogP contribution in [0, 0.1) is 0 Å². The summed E-state index contributed by atoms with van der Waals surface area (Å²) in [5.74, 6) is 0.481. The van der Waals surface area contributed by atoms with Crippen LogP contribution in [0.15, 0.2) is 55.0 Å². The lowest BCUT2D eigenvalue weighted by Crippen LogP contribution is -2.05. The van der Waals surface area contributed by atoms with Gasteiger partial charge in [0, 0.05) is 35.8 Å². The van der Waals surface area contributed by atoms with Gasteiger partial charge < -0.3 is 9.84 Å². The number of ether oxygens (including phenoxy) is 1. The lowest BCUT2D eigenvalue weighted by molar-refractivity contribution is 0.232. The molecule has 6 heteroatoms. The van der Waals surface area contributed by atoms with E-state index in [-0.39, 0.29) is 11.9 Å². The Bertz CT molecular complexity index is 1100. The number of rotatable bonds is 4. The third kappa shape index (κ3) is 3.21. The molecule has 0 atom stereocenters. The fourth-order valence-corrected chi connectivity index (χ4v) is 3.11. The van der Waals surface area contributed by atoms with Crippen LogP contribution in [-0.4, -0.2) is 31.0 Å². The van der Waals surface area contributed by atoms with Crippen LogP contribution in [0.3, 0.4) is 0 Å². The molecule has 136 valence electrons. The van der Waals surface area contributed by atoms with Crippen LogP contribution in [0.5, 0.6) is 11.5 Å². The molecule has 0 saturated carbocycles. The first kappa shape index (κ1) is 17.0. The second kappa shape index (κ2) is 6.72. The first-order valence-electron chi connectivity index (χ1n) is 8.76. The number of hydrogen-bond acceptors (Lipinski definition) is 5. The van der Waals surface area contributed by atoms with Gasteiger partial charge in [0.1, 0.15) is 12.0 Å². The van der Waals surface area contributed by atoms with Gasteiger partial charge in [-0.05, 0) is 19.9 Å². The molecule has 27 heavy (non-hydrogen) atoms. The van der Waals surface area contributed by atoms with E-state index in [4.69, 9.17) is 4.74 Å². The third-order valence-corrected chi connectivity index (χ3v) is 4.21. The Balaban J connectivity index is 1.92. The fourth-order valence-electron chi connectivity index (χ4n) is 3.11. The lowest BCUT2D eigenvalue weighted by atomic mass is 10.0. The minimum absolute atomic E-state index is 0.0438. The van der Waals surface area contributed by atoms with Gasteiger partial charge in [0.2, 0.25) is 0 Å². The zero-order valence-corrected chi connectivity index (χ0v) is 15.4. The SMILES string of the molecule is CC(C)Oc1cc2ncnc(-c3cn(C)nc3-c3ccccc3)c2cc1O. The number of fused-ring (bicyclic) bond motifs is 1. The van der Waals surface area contributed by atoms with E-state index in [1.54, 1.807) is 16.8 Å². The standard InChI is InChI=1S/C21H20N4O2/c1-13(2)27-19-10-17-15(9-18(19)26)21(23-12-22-17)16-11-25(3)24-20(16)14-7-5-4-6-8-14/h4-13,26H,1-3H3. The number of aromatic nitrogens is 4. The highest BCUT2D eigenvalue weighted by molar-refractivity contribution is 5.97.